The first kappa shape index (κ1) is 12.2. The Morgan fingerprint density at radius 3 is 2.50 bits per heavy atom. The zero-order valence-corrected chi connectivity index (χ0v) is 10.8. The average Bonchev–Trinajstić information content (AvgIpc) is 2.62. The normalized spacial score (nSPS) is 44.5. The fourth-order valence-corrected chi connectivity index (χ4v) is 3.40. The minimum absolute atomic E-state index is 0.447. The van der Waals surface area contributed by atoms with Crippen molar-refractivity contribution in [3.63, 3.8) is 0 Å². The van der Waals surface area contributed by atoms with Crippen LogP contribution in [0.3, 0.4) is 0 Å². The molecule has 2 rings (SSSR count). The Morgan fingerprint density at radius 1 is 1.19 bits per heavy atom. The highest BCUT2D eigenvalue weighted by Gasteiger charge is 2.36. The van der Waals surface area contributed by atoms with Gasteiger partial charge < -0.3 is 4.74 Å². The smallest absolute Gasteiger partial charge is 0.0610 e. The molecule has 92 valence electrons. The molecule has 2 aliphatic rings. The van der Waals surface area contributed by atoms with E-state index in [1.54, 1.807) is 0 Å². The molecule has 0 aromatic carbocycles. The summed E-state index contributed by atoms with van der Waals surface area (Å²) in [6, 6.07) is 0. The van der Waals surface area contributed by atoms with Gasteiger partial charge in [-0.2, -0.15) is 0 Å². The molecule has 1 nitrogen and oxygen atoms in total. The Morgan fingerprint density at radius 2 is 1.88 bits per heavy atom. The van der Waals surface area contributed by atoms with Crippen molar-refractivity contribution in [1.29, 1.82) is 0 Å². The van der Waals surface area contributed by atoms with E-state index in [-0.39, 0.29) is 0 Å². The molecule has 16 heavy (non-hydrogen) atoms. The molecular formula is C15H26O. The first-order chi connectivity index (χ1) is 7.70. The molecule has 2 fully saturated rings. The summed E-state index contributed by atoms with van der Waals surface area (Å²) in [5.74, 6) is 2.51. The van der Waals surface area contributed by atoms with Gasteiger partial charge in [0.25, 0.3) is 0 Å². The van der Waals surface area contributed by atoms with Gasteiger partial charge in [-0.15, -0.1) is 6.58 Å². The van der Waals surface area contributed by atoms with Crippen LogP contribution in [0.1, 0.15) is 52.4 Å². The predicted octanol–water partition coefficient (Wildman–Crippen LogP) is 4.18. The summed E-state index contributed by atoms with van der Waals surface area (Å²) >= 11 is 0. The zero-order chi connectivity index (χ0) is 11.5. The number of allylic oxidation sites excluding steroid dienone is 1. The van der Waals surface area contributed by atoms with Gasteiger partial charge in [0.15, 0.2) is 0 Å². The van der Waals surface area contributed by atoms with Gasteiger partial charge in [-0.3, -0.25) is 0 Å². The van der Waals surface area contributed by atoms with Crippen molar-refractivity contribution in [2.45, 2.75) is 64.6 Å². The Balaban J connectivity index is 1.85. The molecule has 1 heteroatoms. The maximum absolute atomic E-state index is 6.15. The second kappa shape index (κ2) is 5.35. The molecular weight excluding hydrogens is 196 g/mol. The van der Waals surface area contributed by atoms with Crippen molar-refractivity contribution < 1.29 is 4.74 Å². The number of rotatable bonds is 3. The Hall–Kier alpha value is -0.300. The first-order valence-electron chi connectivity index (χ1n) is 6.97. The predicted molar refractivity (Wildman–Crippen MR) is 68.4 cm³/mol. The van der Waals surface area contributed by atoms with E-state index in [0.717, 1.165) is 24.2 Å². The van der Waals surface area contributed by atoms with Crippen LogP contribution in [0.15, 0.2) is 12.7 Å². The van der Waals surface area contributed by atoms with Crippen LogP contribution in [0, 0.1) is 17.8 Å². The van der Waals surface area contributed by atoms with E-state index in [1.807, 2.05) is 0 Å². The maximum Gasteiger partial charge on any atom is 0.0610 e. The Labute approximate surface area is 100 Å². The lowest BCUT2D eigenvalue weighted by Gasteiger charge is -2.30. The molecule has 0 amide bonds. The van der Waals surface area contributed by atoms with E-state index < -0.39 is 0 Å². The van der Waals surface area contributed by atoms with Crippen LogP contribution in [0.4, 0.5) is 0 Å². The summed E-state index contributed by atoms with van der Waals surface area (Å²) in [5.41, 5.74) is 0. The molecule has 0 spiro atoms. The third kappa shape index (κ3) is 2.68. The maximum atomic E-state index is 6.15. The van der Waals surface area contributed by atoms with Gasteiger partial charge in [-0.25, -0.2) is 0 Å². The van der Waals surface area contributed by atoms with Crippen molar-refractivity contribution >= 4 is 0 Å². The Bertz CT molecular complexity index is 228. The standard InChI is InChI=1S/C15H26O/c1-4-5-14-10-15(16-12(14)3)13-8-6-11(2)7-9-13/h4,11-15H,1,5-10H2,2-3H3. The molecule has 0 radical (unpaired) electrons. The van der Waals surface area contributed by atoms with E-state index in [0.29, 0.717) is 12.2 Å². The minimum atomic E-state index is 0.447. The molecule has 0 aromatic rings. The monoisotopic (exact) mass is 222 g/mol. The molecule has 1 heterocycles. The highest BCUT2D eigenvalue weighted by atomic mass is 16.5. The average molecular weight is 222 g/mol. The van der Waals surface area contributed by atoms with Crippen LogP contribution >= 0.6 is 0 Å². The highest BCUT2D eigenvalue weighted by molar-refractivity contribution is 4.89. The van der Waals surface area contributed by atoms with Gasteiger partial charge in [-0.05, 0) is 50.4 Å². The summed E-state index contributed by atoms with van der Waals surface area (Å²) in [4.78, 5) is 0. The van der Waals surface area contributed by atoms with Gasteiger partial charge in [-0.1, -0.05) is 25.8 Å². The van der Waals surface area contributed by atoms with Gasteiger partial charge >= 0.3 is 0 Å². The van der Waals surface area contributed by atoms with Crippen molar-refractivity contribution in [3.8, 4) is 0 Å². The zero-order valence-electron chi connectivity index (χ0n) is 10.8. The topological polar surface area (TPSA) is 9.23 Å². The van der Waals surface area contributed by atoms with Crippen molar-refractivity contribution in [2.75, 3.05) is 0 Å². The lowest BCUT2D eigenvalue weighted by atomic mass is 9.78. The van der Waals surface area contributed by atoms with Crippen LogP contribution in [0.25, 0.3) is 0 Å². The molecule has 1 saturated carbocycles. The molecule has 3 unspecified atom stereocenters. The van der Waals surface area contributed by atoms with E-state index in [1.165, 1.54) is 32.1 Å². The van der Waals surface area contributed by atoms with E-state index in [9.17, 15) is 0 Å². The first-order valence-corrected chi connectivity index (χ1v) is 6.97. The fourth-order valence-electron chi connectivity index (χ4n) is 3.40. The molecule has 1 aliphatic carbocycles. The molecule has 0 aromatic heterocycles. The summed E-state index contributed by atoms with van der Waals surface area (Å²) < 4.78 is 6.15. The lowest BCUT2D eigenvalue weighted by molar-refractivity contribution is -0.000329. The number of ether oxygens (including phenoxy) is 1. The second-order valence-corrected chi connectivity index (χ2v) is 5.92. The third-order valence-corrected chi connectivity index (χ3v) is 4.64. The van der Waals surface area contributed by atoms with Crippen LogP contribution < -0.4 is 0 Å². The van der Waals surface area contributed by atoms with E-state index >= 15 is 0 Å². The lowest BCUT2D eigenvalue weighted by Crippen LogP contribution is -2.25. The van der Waals surface area contributed by atoms with Crippen LogP contribution in [0.2, 0.25) is 0 Å². The quantitative estimate of drug-likeness (QED) is 0.651. The van der Waals surface area contributed by atoms with Crippen LogP contribution in [0.5, 0.6) is 0 Å². The summed E-state index contributed by atoms with van der Waals surface area (Å²) in [7, 11) is 0. The number of hydrogen-bond donors (Lipinski definition) is 0. The van der Waals surface area contributed by atoms with E-state index in [4.69, 9.17) is 4.74 Å². The van der Waals surface area contributed by atoms with Crippen molar-refractivity contribution in [1.82, 2.24) is 0 Å². The summed E-state index contributed by atoms with van der Waals surface area (Å²) in [6.07, 6.45) is 11.0. The van der Waals surface area contributed by atoms with Crippen LogP contribution in [-0.2, 0) is 4.74 Å². The van der Waals surface area contributed by atoms with Crippen molar-refractivity contribution in [2.24, 2.45) is 17.8 Å². The third-order valence-electron chi connectivity index (χ3n) is 4.64. The summed E-state index contributed by atoms with van der Waals surface area (Å²) in [5, 5.41) is 0. The van der Waals surface area contributed by atoms with Gasteiger partial charge in [0.1, 0.15) is 0 Å². The SMILES string of the molecule is C=CCC1CC(C2CCC(C)CC2)OC1C. The van der Waals surface area contributed by atoms with Gasteiger partial charge in [0, 0.05) is 0 Å². The molecule has 0 bridgehead atoms. The minimum Gasteiger partial charge on any atom is -0.375 e. The summed E-state index contributed by atoms with van der Waals surface area (Å²) in [6.45, 7) is 8.47. The van der Waals surface area contributed by atoms with Crippen molar-refractivity contribution in [3.05, 3.63) is 12.7 Å². The van der Waals surface area contributed by atoms with E-state index in [2.05, 4.69) is 26.5 Å². The second-order valence-electron chi connectivity index (χ2n) is 5.92. The van der Waals surface area contributed by atoms with Crippen LogP contribution in [-0.4, -0.2) is 12.2 Å². The Kier molecular flexibility index (Phi) is 4.07. The molecule has 1 saturated heterocycles. The largest absolute Gasteiger partial charge is 0.375 e. The van der Waals surface area contributed by atoms with Gasteiger partial charge in [0.05, 0.1) is 12.2 Å². The number of hydrogen-bond acceptors (Lipinski definition) is 1. The molecule has 3 atom stereocenters. The fraction of sp³-hybridized carbons (Fsp3) is 0.867. The molecule has 1 aliphatic heterocycles. The van der Waals surface area contributed by atoms with Gasteiger partial charge in [0.2, 0.25) is 0 Å². The molecule has 0 N–H and O–H groups in total. The highest BCUT2D eigenvalue weighted by Crippen LogP contribution is 2.39.